The van der Waals surface area contributed by atoms with Crippen LogP contribution in [0.15, 0.2) is 11.6 Å². The summed E-state index contributed by atoms with van der Waals surface area (Å²) in [5, 5.41) is 0. The number of hydrogen-bond acceptors (Lipinski definition) is 4. The Morgan fingerprint density at radius 3 is 2.24 bits per heavy atom. The van der Waals surface area contributed by atoms with Gasteiger partial charge in [-0.2, -0.15) is 0 Å². The van der Waals surface area contributed by atoms with E-state index >= 15 is 0 Å². The van der Waals surface area contributed by atoms with Crippen molar-refractivity contribution in [3.8, 4) is 0 Å². The third kappa shape index (κ3) is 11.9. The summed E-state index contributed by atoms with van der Waals surface area (Å²) in [6, 6.07) is 0. The molecule has 4 aliphatic rings. The van der Waals surface area contributed by atoms with Crippen LogP contribution >= 0.6 is 7.60 Å². The van der Waals surface area contributed by atoms with E-state index in [0.29, 0.717) is 24.0 Å². The highest BCUT2D eigenvalue weighted by Gasteiger charge is 2.59. The van der Waals surface area contributed by atoms with Gasteiger partial charge in [-0.1, -0.05) is 104 Å². The second-order valence-corrected chi connectivity index (χ2v) is 21.1. The van der Waals surface area contributed by atoms with Crippen LogP contribution in [-0.4, -0.2) is 62.5 Å². The van der Waals surface area contributed by atoms with E-state index in [1.165, 1.54) is 83.5 Å². The molecule has 4 aliphatic carbocycles. The molecule has 0 saturated heterocycles. The normalized spacial score (nSPS) is 33.4. The van der Waals surface area contributed by atoms with Crippen LogP contribution in [0.4, 0.5) is 0 Å². The quantitative estimate of drug-likeness (QED) is 0.0303. The molecular weight excluding hydrogens is 629 g/mol. The molecule has 9 atom stereocenters. The lowest BCUT2D eigenvalue weighted by molar-refractivity contribution is -0.870. The molecule has 1 N–H and O–H groups in total. The lowest BCUT2D eigenvalue weighted by Gasteiger charge is -2.58. The maximum atomic E-state index is 12.2. The number of allylic oxidation sites excluding steroid dienone is 1. The predicted molar refractivity (Wildman–Crippen MR) is 204 cm³/mol. The number of rotatable bonds is 22. The van der Waals surface area contributed by atoms with E-state index in [1.807, 2.05) is 0 Å². The fraction of sp³-hybridized carbons (Fsp3) is 0.952. The first-order valence-electron chi connectivity index (χ1n) is 20.9. The fourth-order valence-corrected chi connectivity index (χ4v) is 12.1. The Balaban J connectivity index is 1.07. The molecule has 3 fully saturated rings. The molecule has 0 aliphatic heterocycles. The van der Waals surface area contributed by atoms with Crippen molar-refractivity contribution in [3.63, 3.8) is 0 Å². The molecule has 0 bridgehead atoms. The molecule has 49 heavy (non-hydrogen) atoms. The topological polar surface area (TPSA) is 65.0 Å². The zero-order valence-electron chi connectivity index (χ0n) is 33.4. The molecule has 0 spiro atoms. The van der Waals surface area contributed by atoms with Gasteiger partial charge in [0.15, 0.2) is 0 Å². The van der Waals surface area contributed by atoms with Crippen LogP contribution in [-0.2, 0) is 18.9 Å². The Morgan fingerprint density at radius 2 is 1.55 bits per heavy atom. The van der Waals surface area contributed by atoms with E-state index in [-0.39, 0.29) is 12.3 Å². The summed E-state index contributed by atoms with van der Waals surface area (Å²) in [5.74, 6) is 5.31. The van der Waals surface area contributed by atoms with E-state index in [0.717, 1.165) is 85.1 Å². The predicted octanol–water partition coefficient (Wildman–Crippen LogP) is 11.4. The third-order valence-corrected chi connectivity index (χ3v) is 15.4. The molecule has 1 unspecified atom stereocenters. The van der Waals surface area contributed by atoms with Crippen molar-refractivity contribution in [2.24, 2.45) is 46.3 Å². The average molecular weight is 709 g/mol. The highest BCUT2D eigenvalue weighted by molar-refractivity contribution is 7.52. The maximum absolute atomic E-state index is 12.2. The zero-order chi connectivity index (χ0) is 35.7. The zero-order valence-corrected chi connectivity index (χ0v) is 34.3. The summed E-state index contributed by atoms with van der Waals surface area (Å²) in [6.45, 7) is 14.4. The van der Waals surface area contributed by atoms with E-state index in [2.05, 4.69) is 61.8 Å². The van der Waals surface area contributed by atoms with Gasteiger partial charge in [0.1, 0.15) is 13.2 Å². The van der Waals surface area contributed by atoms with Crippen LogP contribution in [0.3, 0.4) is 0 Å². The molecule has 6 nitrogen and oxygen atoms in total. The van der Waals surface area contributed by atoms with Crippen LogP contribution in [0.2, 0.25) is 0 Å². The summed E-state index contributed by atoms with van der Waals surface area (Å²) in [5.41, 5.74) is 2.60. The standard InChI is InChI=1S/C42H78NO5P/c1-33(2)18-17-19-34(3)38-22-23-39-37-21-20-35-32-36(24-26-41(35,4)40(37)25-27-42(38,39)5)48-46-29-15-13-11-9-10-12-14-16-31-49(44,45)47-30-28-43(6,7)8/h20,33-34,36-40H,9-19,21-32H2,1-8H3/p+1/t34-,36+,37+,38-,39+,40+,41+,42-/m1/s1. The number of fused-ring (bicyclic) bond motifs is 5. The van der Waals surface area contributed by atoms with Crippen LogP contribution in [0, 0.1) is 46.3 Å². The monoisotopic (exact) mass is 709 g/mol. The van der Waals surface area contributed by atoms with Crippen molar-refractivity contribution in [2.75, 3.05) is 47.1 Å². The number of hydrogen-bond donors (Lipinski definition) is 1. The van der Waals surface area contributed by atoms with E-state index in [1.54, 1.807) is 5.57 Å². The molecule has 3 saturated carbocycles. The van der Waals surface area contributed by atoms with Crippen molar-refractivity contribution in [1.82, 2.24) is 0 Å². The Hall–Kier alpha value is -0.230. The van der Waals surface area contributed by atoms with Crippen LogP contribution in [0.5, 0.6) is 0 Å². The van der Waals surface area contributed by atoms with Crippen LogP contribution < -0.4 is 0 Å². The van der Waals surface area contributed by atoms with Crippen LogP contribution in [0.1, 0.15) is 157 Å². The lowest BCUT2D eigenvalue weighted by atomic mass is 9.47. The summed E-state index contributed by atoms with van der Waals surface area (Å²) >= 11 is 0. The van der Waals surface area contributed by atoms with Gasteiger partial charge in [-0.05, 0) is 111 Å². The van der Waals surface area contributed by atoms with Gasteiger partial charge in [-0.25, -0.2) is 9.78 Å². The number of nitrogens with zero attached hydrogens (tertiary/aromatic N) is 1. The largest absolute Gasteiger partial charge is 0.329 e. The van der Waals surface area contributed by atoms with Gasteiger partial charge in [0.2, 0.25) is 0 Å². The summed E-state index contributed by atoms with van der Waals surface area (Å²) < 4.78 is 18.2. The summed E-state index contributed by atoms with van der Waals surface area (Å²) in [4.78, 5) is 21.8. The van der Waals surface area contributed by atoms with Gasteiger partial charge in [0.25, 0.3) is 0 Å². The lowest BCUT2D eigenvalue weighted by Crippen LogP contribution is -2.51. The molecule has 0 aromatic rings. The van der Waals surface area contributed by atoms with Crippen molar-refractivity contribution in [3.05, 3.63) is 11.6 Å². The van der Waals surface area contributed by atoms with E-state index in [4.69, 9.17) is 14.3 Å². The Morgan fingerprint density at radius 1 is 0.857 bits per heavy atom. The number of quaternary nitrogens is 1. The Labute approximate surface area is 302 Å². The smallest absolute Gasteiger partial charge is 0.328 e. The Bertz CT molecular complexity index is 1070. The van der Waals surface area contributed by atoms with Gasteiger partial charge < -0.3 is 13.9 Å². The Kier molecular flexibility index (Phi) is 15.8. The third-order valence-electron chi connectivity index (χ3n) is 13.9. The minimum Gasteiger partial charge on any atom is -0.329 e. The maximum Gasteiger partial charge on any atom is 0.328 e. The SMILES string of the molecule is CC(C)CCC[C@@H](C)[C@H]1CC[C@H]2[C@@H]3CC=C4C[C@@H](OOCCCCCCCCCCP(=O)(O)OCC[N+](C)(C)C)CC[C@]4(C)[C@H]3CC[C@]12C. The number of unbranched alkanes of at least 4 members (excludes halogenated alkanes) is 7. The first-order chi connectivity index (χ1) is 23.1. The van der Waals surface area contributed by atoms with Crippen LogP contribution in [0.25, 0.3) is 0 Å². The highest BCUT2D eigenvalue weighted by Crippen LogP contribution is 2.67. The van der Waals surface area contributed by atoms with Crippen molar-refractivity contribution < 1.29 is 28.2 Å². The van der Waals surface area contributed by atoms with E-state index < -0.39 is 7.60 Å². The molecular formula is C42H79NO5P+. The molecule has 4 rings (SSSR count). The highest BCUT2D eigenvalue weighted by atomic mass is 31.2. The summed E-state index contributed by atoms with van der Waals surface area (Å²) in [6.07, 6.45) is 26.7. The van der Waals surface area contributed by atoms with Gasteiger partial charge in [0, 0.05) is 6.16 Å². The van der Waals surface area contributed by atoms with Gasteiger partial charge in [-0.15, -0.1) is 0 Å². The van der Waals surface area contributed by atoms with Gasteiger partial charge in [0.05, 0.1) is 33.9 Å². The molecule has 0 radical (unpaired) electrons. The van der Waals surface area contributed by atoms with Gasteiger partial charge in [-0.3, -0.25) is 4.57 Å². The number of likely N-dealkylation sites (N-methyl/N-ethyl adjacent to an activating group) is 1. The van der Waals surface area contributed by atoms with E-state index in [9.17, 15) is 9.46 Å². The molecule has 0 amide bonds. The fourth-order valence-electron chi connectivity index (χ4n) is 10.9. The minimum atomic E-state index is -3.44. The average Bonchev–Trinajstić information content (AvgIpc) is 3.38. The molecule has 286 valence electrons. The second kappa shape index (κ2) is 18.7. The molecule has 0 heterocycles. The van der Waals surface area contributed by atoms with Crippen molar-refractivity contribution in [2.45, 2.75) is 163 Å². The second-order valence-electron chi connectivity index (χ2n) is 19.1. The van der Waals surface area contributed by atoms with Crippen molar-refractivity contribution in [1.29, 1.82) is 0 Å². The molecule has 0 aromatic carbocycles. The van der Waals surface area contributed by atoms with Gasteiger partial charge >= 0.3 is 7.60 Å². The summed E-state index contributed by atoms with van der Waals surface area (Å²) in [7, 11) is 2.74. The first-order valence-corrected chi connectivity index (χ1v) is 22.7. The molecule has 0 aromatic heterocycles. The first kappa shape index (κ1) is 41.5. The van der Waals surface area contributed by atoms with Crippen molar-refractivity contribution >= 4 is 7.60 Å². The molecule has 7 heteroatoms. The minimum absolute atomic E-state index is 0.213.